The average molecular weight is 207 g/mol. The molecule has 0 aliphatic carbocycles. The van der Waals surface area contributed by atoms with E-state index in [0.29, 0.717) is 9.09 Å². The first kappa shape index (κ1) is 9.98. The molecule has 0 aliphatic heterocycles. The fourth-order valence-corrected chi connectivity index (χ4v) is 2.14. The number of rotatable bonds is 2. The van der Waals surface area contributed by atoms with E-state index in [0.717, 1.165) is 11.9 Å². The van der Waals surface area contributed by atoms with Crippen LogP contribution in [0.4, 0.5) is 4.39 Å². The van der Waals surface area contributed by atoms with Crippen molar-refractivity contribution < 1.29 is 9.50 Å². The van der Waals surface area contributed by atoms with Gasteiger partial charge in [0.15, 0.2) is 0 Å². The monoisotopic (exact) mass is 207 g/mol. The minimum Gasteiger partial charge on any atom is -0.385 e. The molecular weight excluding hydrogens is 197 g/mol. The van der Waals surface area contributed by atoms with E-state index in [9.17, 15) is 9.50 Å². The first-order valence-electron chi connectivity index (χ1n) is 3.34. The van der Waals surface area contributed by atoms with E-state index in [1.807, 2.05) is 0 Å². The third-order valence-electron chi connectivity index (χ3n) is 1.37. The number of hydrogen-bond donors (Lipinski definition) is 2. The smallest absolute Gasteiger partial charge is 0.149 e. The van der Waals surface area contributed by atoms with Crippen molar-refractivity contribution in [1.29, 1.82) is 0 Å². The minimum absolute atomic E-state index is 0.357. The highest BCUT2D eigenvalue weighted by Crippen LogP contribution is 2.33. The number of nitrogens with two attached hydrogens (primary N) is 1. The average Bonchev–Trinajstić information content (AvgIpc) is 2.29. The highest BCUT2D eigenvalue weighted by atomic mass is 32.2. The number of thiophene rings is 1. The molecule has 0 radical (unpaired) electrons. The second-order valence-corrected chi connectivity index (χ2v) is 4.88. The van der Waals surface area contributed by atoms with Crippen molar-refractivity contribution in [2.45, 2.75) is 23.7 Å². The molecule has 2 nitrogen and oxygen atoms in total. The van der Waals surface area contributed by atoms with Crippen molar-refractivity contribution in [3.8, 4) is 0 Å². The SMILES string of the molecule is CC(C)(O)c1cc(F)c(SN)s1. The van der Waals surface area contributed by atoms with Gasteiger partial charge in [-0.3, -0.25) is 5.14 Å². The third kappa shape index (κ3) is 1.98. The van der Waals surface area contributed by atoms with Gasteiger partial charge in [0, 0.05) is 4.88 Å². The molecule has 0 aromatic carbocycles. The predicted molar refractivity (Wildman–Crippen MR) is 49.6 cm³/mol. The predicted octanol–water partition coefficient (Wildman–Crippen LogP) is 2.08. The summed E-state index contributed by atoms with van der Waals surface area (Å²) in [6.07, 6.45) is 0. The summed E-state index contributed by atoms with van der Waals surface area (Å²) < 4.78 is 13.3. The summed E-state index contributed by atoms with van der Waals surface area (Å²) in [5.74, 6) is -0.357. The molecule has 1 heterocycles. The van der Waals surface area contributed by atoms with Crippen molar-refractivity contribution in [1.82, 2.24) is 0 Å². The molecule has 0 saturated carbocycles. The Morgan fingerprint density at radius 2 is 2.25 bits per heavy atom. The topological polar surface area (TPSA) is 46.2 Å². The van der Waals surface area contributed by atoms with Crippen molar-refractivity contribution >= 4 is 23.3 Å². The fraction of sp³-hybridized carbons (Fsp3) is 0.429. The Morgan fingerprint density at radius 1 is 1.67 bits per heavy atom. The van der Waals surface area contributed by atoms with Gasteiger partial charge in [0.25, 0.3) is 0 Å². The van der Waals surface area contributed by atoms with Crippen LogP contribution in [0.2, 0.25) is 0 Å². The van der Waals surface area contributed by atoms with E-state index in [1.165, 1.54) is 17.4 Å². The van der Waals surface area contributed by atoms with Crippen molar-refractivity contribution in [2.75, 3.05) is 0 Å². The molecular formula is C7H10FNOS2. The standard InChI is InChI=1S/C7H10FNOS2/c1-7(2,10)5-3-4(8)6(11-5)12-9/h3,10H,9H2,1-2H3. The lowest BCUT2D eigenvalue weighted by Gasteiger charge is -2.13. The maximum atomic E-state index is 12.9. The van der Waals surface area contributed by atoms with Gasteiger partial charge in [-0.25, -0.2) is 4.39 Å². The second-order valence-electron chi connectivity index (χ2n) is 2.92. The summed E-state index contributed by atoms with van der Waals surface area (Å²) >= 11 is 2.04. The summed E-state index contributed by atoms with van der Waals surface area (Å²) in [4.78, 5) is 0.591. The van der Waals surface area contributed by atoms with Gasteiger partial charge in [-0.05, 0) is 31.9 Å². The zero-order valence-corrected chi connectivity index (χ0v) is 8.43. The summed E-state index contributed by atoms with van der Waals surface area (Å²) in [6, 6.07) is 1.32. The fourth-order valence-electron chi connectivity index (χ4n) is 0.734. The van der Waals surface area contributed by atoms with Gasteiger partial charge >= 0.3 is 0 Å². The summed E-state index contributed by atoms with van der Waals surface area (Å²) in [6.45, 7) is 3.23. The lowest BCUT2D eigenvalue weighted by molar-refractivity contribution is 0.0823. The molecule has 0 spiro atoms. The van der Waals surface area contributed by atoms with Gasteiger partial charge in [-0.1, -0.05) is 0 Å². The van der Waals surface area contributed by atoms with E-state index >= 15 is 0 Å². The Labute approximate surface area is 78.7 Å². The van der Waals surface area contributed by atoms with Gasteiger partial charge in [0.2, 0.25) is 0 Å². The molecule has 5 heteroatoms. The van der Waals surface area contributed by atoms with Gasteiger partial charge in [0.1, 0.15) is 10.0 Å². The lowest BCUT2D eigenvalue weighted by Crippen LogP contribution is -2.12. The molecule has 0 fully saturated rings. The van der Waals surface area contributed by atoms with E-state index in [1.54, 1.807) is 13.8 Å². The van der Waals surface area contributed by atoms with Crippen LogP contribution in [-0.4, -0.2) is 5.11 Å². The molecule has 1 aromatic heterocycles. The zero-order valence-electron chi connectivity index (χ0n) is 6.80. The van der Waals surface area contributed by atoms with Gasteiger partial charge in [-0.2, -0.15) is 0 Å². The minimum atomic E-state index is -0.987. The first-order valence-corrected chi connectivity index (χ1v) is 5.03. The van der Waals surface area contributed by atoms with Gasteiger partial charge in [-0.15, -0.1) is 11.3 Å². The highest BCUT2D eigenvalue weighted by Gasteiger charge is 2.21. The molecule has 0 amide bonds. The van der Waals surface area contributed by atoms with Crippen LogP contribution in [0, 0.1) is 5.82 Å². The van der Waals surface area contributed by atoms with Crippen LogP contribution in [0.3, 0.4) is 0 Å². The molecule has 1 aromatic rings. The number of halogens is 1. The molecule has 0 saturated heterocycles. The molecule has 1 rings (SSSR count). The van der Waals surface area contributed by atoms with Crippen LogP contribution in [-0.2, 0) is 5.60 Å². The van der Waals surface area contributed by atoms with Crippen molar-refractivity contribution in [3.05, 3.63) is 16.8 Å². The Kier molecular flexibility index (Phi) is 2.77. The Hall–Kier alpha value is -0.100. The maximum absolute atomic E-state index is 12.9. The molecule has 0 bridgehead atoms. The van der Waals surface area contributed by atoms with Gasteiger partial charge < -0.3 is 5.11 Å². The molecule has 12 heavy (non-hydrogen) atoms. The number of hydrogen-bond acceptors (Lipinski definition) is 4. The largest absolute Gasteiger partial charge is 0.385 e. The highest BCUT2D eigenvalue weighted by molar-refractivity contribution is 7.99. The molecule has 0 aliphatic rings. The Morgan fingerprint density at radius 3 is 2.50 bits per heavy atom. The first-order chi connectivity index (χ1) is 5.45. The van der Waals surface area contributed by atoms with Crippen molar-refractivity contribution in [2.24, 2.45) is 5.14 Å². The summed E-state index contributed by atoms with van der Waals surface area (Å²) in [7, 11) is 0. The summed E-state index contributed by atoms with van der Waals surface area (Å²) in [5.41, 5.74) is -0.987. The van der Waals surface area contributed by atoms with Crippen LogP contribution in [0.15, 0.2) is 10.3 Å². The Balaban J connectivity index is 3.05. The summed E-state index contributed by atoms with van der Waals surface area (Å²) in [5, 5.41) is 14.7. The van der Waals surface area contributed by atoms with E-state index in [2.05, 4.69) is 0 Å². The quantitative estimate of drug-likeness (QED) is 0.730. The van der Waals surface area contributed by atoms with Crippen LogP contribution in [0.25, 0.3) is 0 Å². The van der Waals surface area contributed by atoms with E-state index in [4.69, 9.17) is 5.14 Å². The molecule has 3 N–H and O–H groups in total. The molecule has 68 valence electrons. The van der Waals surface area contributed by atoms with Crippen LogP contribution in [0.1, 0.15) is 18.7 Å². The molecule has 0 unspecified atom stereocenters. The van der Waals surface area contributed by atoms with Crippen LogP contribution in [0.5, 0.6) is 0 Å². The van der Waals surface area contributed by atoms with Crippen LogP contribution >= 0.6 is 23.3 Å². The Bertz CT molecular complexity index is 279. The van der Waals surface area contributed by atoms with Crippen molar-refractivity contribution in [3.63, 3.8) is 0 Å². The van der Waals surface area contributed by atoms with E-state index < -0.39 is 5.60 Å². The van der Waals surface area contributed by atoms with E-state index in [-0.39, 0.29) is 5.82 Å². The molecule has 0 atom stereocenters. The second kappa shape index (κ2) is 3.33. The zero-order chi connectivity index (χ0) is 9.35. The maximum Gasteiger partial charge on any atom is 0.149 e. The number of aliphatic hydroxyl groups is 1. The lowest BCUT2D eigenvalue weighted by atomic mass is 10.1. The van der Waals surface area contributed by atoms with Gasteiger partial charge in [0.05, 0.1) is 5.60 Å². The normalized spacial score (nSPS) is 12.1. The third-order valence-corrected chi connectivity index (χ3v) is 3.53. The van der Waals surface area contributed by atoms with Crippen LogP contribution < -0.4 is 5.14 Å².